The number of rotatable bonds is 5. The van der Waals surface area contributed by atoms with Gasteiger partial charge in [0.05, 0.1) is 17.3 Å². The number of ether oxygens (including phenoxy) is 1. The molecule has 0 bridgehead atoms. The number of carbonyl (C=O) groups is 1. The van der Waals surface area contributed by atoms with Gasteiger partial charge >= 0.3 is 0 Å². The Bertz CT molecular complexity index is 366. The van der Waals surface area contributed by atoms with Crippen molar-refractivity contribution in [1.29, 1.82) is 0 Å². The maximum absolute atomic E-state index is 11.5. The van der Waals surface area contributed by atoms with Crippen LogP contribution in [0, 0.1) is 6.92 Å². The maximum Gasteiger partial charge on any atom is 0.249 e. The lowest BCUT2D eigenvalue weighted by Crippen LogP contribution is -2.39. The van der Waals surface area contributed by atoms with Gasteiger partial charge in [0.25, 0.3) is 0 Å². The largest absolute Gasteiger partial charge is 0.383 e. The van der Waals surface area contributed by atoms with Crippen molar-refractivity contribution in [2.45, 2.75) is 17.2 Å². The van der Waals surface area contributed by atoms with Crippen LogP contribution in [0.25, 0.3) is 0 Å². The third-order valence-electron chi connectivity index (χ3n) is 1.97. The minimum atomic E-state index is -0.371. The molecule has 6 nitrogen and oxygen atoms in total. The molecule has 0 aliphatic rings. The Morgan fingerprint density at radius 3 is 2.94 bits per heavy atom. The fraction of sp³-hybridized carbons (Fsp3) is 0.556. The number of thioether (sulfide) groups is 1. The standard InChI is InChI=1S/C9H16N4O2S/c1-6-4-8(13(2)12-6)16-7(5-15-3)9(14)11-10/h4,7H,5,10H2,1-3H3,(H,11,14). The Hall–Kier alpha value is -1.05. The Labute approximate surface area is 98.5 Å². The van der Waals surface area contributed by atoms with Crippen LogP contribution in [0.2, 0.25) is 0 Å². The first-order valence-electron chi connectivity index (χ1n) is 4.75. The molecule has 0 fully saturated rings. The molecule has 1 heterocycles. The Morgan fingerprint density at radius 1 is 1.81 bits per heavy atom. The summed E-state index contributed by atoms with van der Waals surface area (Å²) in [5.74, 6) is 4.85. The minimum Gasteiger partial charge on any atom is -0.383 e. The zero-order valence-electron chi connectivity index (χ0n) is 9.56. The summed E-state index contributed by atoms with van der Waals surface area (Å²) in [6.45, 7) is 2.20. The molecule has 1 aromatic heterocycles. The molecule has 1 atom stereocenters. The van der Waals surface area contributed by atoms with E-state index in [1.165, 1.54) is 11.8 Å². The van der Waals surface area contributed by atoms with E-state index in [4.69, 9.17) is 10.6 Å². The van der Waals surface area contributed by atoms with Crippen LogP contribution < -0.4 is 11.3 Å². The van der Waals surface area contributed by atoms with Gasteiger partial charge in [-0.2, -0.15) is 5.10 Å². The van der Waals surface area contributed by atoms with E-state index in [0.717, 1.165) is 10.7 Å². The van der Waals surface area contributed by atoms with Gasteiger partial charge in [0.15, 0.2) is 0 Å². The number of hydrazine groups is 1. The second-order valence-corrected chi connectivity index (χ2v) is 4.54. The molecule has 1 unspecified atom stereocenters. The molecule has 0 saturated carbocycles. The van der Waals surface area contributed by atoms with Crippen molar-refractivity contribution in [2.24, 2.45) is 12.9 Å². The lowest BCUT2D eigenvalue weighted by Gasteiger charge is -2.13. The van der Waals surface area contributed by atoms with E-state index in [1.807, 2.05) is 20.0 Å². The fourth-order valence-electron chi connectivity index (χ4n) is 1.25. The lowest BCUT2D eigenvalue weighted by molar-refractivity contribution is -0.121. The highest BCUT2D eigenvalue weighted by Crippen LogP contribution is 2.23. The summed E-state index contributed by atoms with van der Waals surface area (Å²) in [6.07, 6.45) is 0. The average molecular weight is 244 g/mol. The summed E-state index contributed by atoms with van der Waals surface area (Å²) >= 11 is 1.38. The van der Waals surface area contributed by atoms with Crippen LogP contribution in [0.1, 0.15) is 5.69 Å². The number of nitrogens with one attached hydrogen (secondary N) is 1. The molecular weight excluding hydrogens is 228 g/mol. The van der Waals surface area contributed by atoms with Crippen molar-refractivity contribution in [3.8, 4) is 0 Å². The molecule has 1 amide bonds. The van der Waals surface area contributed by atoms with Crippen molar-refractivity contribution in [3.63, 3.8) is 0 Å². The normalized spacial score (nSPS) is 12.5. The monoisotopic (exact) mass is 244 g/mol. The highest BCUT2D eigenvalue weighted by molar-refractivity contribution is 8.00. The van der Waals surface area contributed by atoms with Crippen LogP contribution in [0.3, 0.4) is 0 Å². The molecule has 0 aliphatic heterocycles. The molecule has 3 N–H and O–H groups in total. The second-order valence-electron chi connectivity index (χ2n) is 3.32. The Balaban J connectivity index is 2.75. The molecule has 0 aromatic carbocycles. The van der Waals surface area contributed by atoms with E-state index in [9.17, 15) is 4.79 Å². The third-order valence-corrected chi connectivity index (χ3v) is 3.23. The van der Waals surface area contributed by atoms with Gasteiger partial charge in [-0.3, -0.25) is 14.9 Å². The predicted octanol–water partition coefficient (Wildman–Crippen LogP) is -0.174. The van der Waals surface area contributed by atoms with E-state index < -0.39 is 0 Å². The highest BCUT2D eigenvalue weighted by atomic mass is 32.2. The average Bonchev–Trinajstić information content (AvgIpc) is 2.55. The number of aromatic nitrogens is 2. The van der Waals surface area contributed by atoms with Gasteiger partial charge in [0, 0.05) is 14.2 Å². The number of hydrogen-bond acceptors (Lipinski definition) is 5. The molecular formula is C9H16N4O2S. The van der Waals surface area contributed by atoms with Crippen molar-refractivity contribution in [2.75, 3.05) is 13.7 Å². The van der Waals surface area contributed by atoms with Crippen LogP contribution >= 0.6 is 11.8 Å². The zero-order valence-corrected chi connectivity index (χ0v) is 10.4. The van der Waals surface area contributed by atoms with E-state index in [1.54, 1.807) is 11.8 Å². The van der Waals surface area contributed by atoms with Gasteiger partial charge in [-0.25, -0.2) is 5.84 Å². The first-order chi connectivity index (χ1) is 7.58. The van der Waals surface area contributed by atoms with Crippen LogP contribution in [-0.2, 0) is 16.6 Å². The van der Waals surface area contributed by atoms with Gasteiger partial charge in [0.2, 0.25) is 5.91 Å². The first kappa shape index (κ1) is 13.0. The van der Waals surface area contributed by atoms with E-state index in [-0.39, 0.29) is 11.2 Å². The van der Waals surface area contributed by atoms with Crippen molar-refractivity contribution < 1.29 is 9.53 Å². The summed E-state index contributed by atoms with van der Waals surface area (Å²) in [5.41, 5.74) is 3.04. The molecule has 90 valence electrons. The number of aryl methyl sites for hydroxylation is 2. The number of nitrogens with zero attached hydrogens (tertiary/aromatic N) is 2. The number of hydrogen-bond donors (Lipinski definition) is 2. The van der Waals surface area contributed by atoms with E-state index >= 15 is 0 Å². The summed E-state index contributed by atoms with van der Waals surface area (Å²) in [6, 6.07) is 1.91. The van der Waals surface area contributed by atoms with Crippen LogP contribution in [0.15, 0.2) is 11.1 Å². The van der Waals surface area contributed by atoms with Gasteiger partial charge in [-0.15, -0.1) is 0 Å². The van der Waals surface area contributed by atoms with Gasteiger partial charge < -0.3 is 4.74 Å². The number of methoxy groups -OCH3 is 1. The number of amides is 1. The summed E-state index contributed by atoms with van der Waals surface area (Å²) in [5, 5.41) is 4.74. The summed E-state index contributed by atoms with van der Waals surface area (Å²) in [4.78, 5) is 11.5. The highest BCUT2D eigenvalue weighted by Gasteiger charge is 2.20. The van der Waals surface area contributed by atoms with E-state index in [2.05, 4.69) is 10.5 Å². The zero-order chi connectivity index (χ0) is 12.1. The fourth-order valence-corrected chi connectivity index (χ4v) is 2.35. The summed E-state index contributed by atoms with van der Waals surface area (Å²) < 4.78 is 6.71. The minimum absolute atomic E-state index is 0.259. The van der Waals surface area contributed by atoms with Crippen molar-refractivity contribution >= 4 is 17.7 Å². The molecule has 1 aromatic rings. The molecule has 16 heavy (non-hydrogen) atoms. The molecule has 0 spiro atoms. The second kappa shape index (κ2) is 5.88. The molecule has 0 aliphatic carbocycles. The van der Waals surface area contributed by atoms with Crippen LogP contribution in [-0.4, -0.2) is 34.7 Å². The molecule has 1 rings (SSSR count). The van der Waals surface area contributed by atoms with Crippen LogP contribution in [0.4, 0.5) is 0 Å². The van der Waals surface area contributed by atoms with Gasteiger partial charge in [-0.1, -0.05) is 11.8 Å². The quantitative estimate of drug-likeness (QED) is 0.325. The van der Waals surface area contributed by atoms with Gasteiger partial charge in [-0.05, 0) is 13.0 Å². The van der Waals surface area contributed by atoms with Gasteiger partial charge in [0.1, 0.15) is 5.25 Å². The topological polar surface area (TPSA) is 82.2 Å². The lowest BCUT2D eigenvalue weighted by atomic mass is 10.4. The smallest absolute Gasteiger partial charge is 0.249 e. The first-order valence-corrected chi connectivity index (χ1v) is 5.63. The number of nitrogens with two attached hydrogens (primary N) is 1. The molecule has 0 radical (unpaired) electrons. The Kier molecular flexibility index (Phi) is 4.78. The van der Waals surface area contributed by atoms with Crippen LogP contribution in [0.5, 0.6) is 0 Å². The van der Waals surface area contributed by atoms with Crippen molar-refractivity contribution in [3.05, 3.63) is 11.8 Å². The molecule has 7 heteroatoms. The third kappa shape index (κ3) is 3.22. The maximum atomic E-state index is 11.5. The predicted molar refractivity (Wildman–Crippen MR) is 61.8 cm³/mol. The SMILES string of the molecule is COCC(Sc1cc(C)nn1C)C(=O)NN. The molecule has 0 saturated heterocycles. The summed E-state index contributed by atoms with van der Waals surface area (Å²) in [7, 11) is 3.38. The Morgan fingerprint density at radius 2 is 2.50 bits per heavy atom. The van der Waals surface area contributed by atoms with E-state index in [0.29, 0.717) is 6.61 Å². The van der Waals surface area contributed by atoms with Crippen molar-refractivity contribution in [1.82, 2.24) is 15.2 Å². The number of carbonyl (C=O) groups excluding carboxylic acids is 1.